The number of carboxylic acid groups (broad SMARTS) is 1. The van der Waals surface area contributed by atoms with Crippen molar-refractivity contribution in [3.63, 3.8) is 0 Å². The third-order valence-electron chi connectivity index (χ3n) is 2.54. The van der Waals surface area contributed by atoms with E-state index in [1.807, 2.05) is 0 Å². The minimum atomic E-state index is -1.46. The van der Waals surface area contributed by atoms with E-state index >= 15 is 0 Å². The van der Waals surface area contributed by atoms with Gasteiger partial charge >= 0.3 is 11.9 Å². The molecule has 5 nitrogen and oxygen atoms in total. The number of carbonyl (C=O) groups is 2. The van der Waals surface area contributed by atoms with E-state index in [1.165, 1.54) is 0 Å². The zero-order valence-electron chi connectivity index (χ0n) is 11.6. The summed E-state index contributed by atoms with van der Waals surface area (Å²) < 4.78 is 5.10. The zero-order valence-corrected chi connectivity index (χ0v) is 12.3. The van der Waals surface area contributed by atoms with E-state index in [0.717, 1.165) is 0 Å². The van der Waals surface area contributed by atoms with Crippen LogP contribution in [-0.2, 0) is 14.3 Å². The molecule has 0 aliphatic rings. The number of nitrogens with two attached hydrogens (primary N) is 1. The van der Waals surface area contributed by atoms with Gasteiger partial charge in [0.15, 0.2) is 5.92 Å². The van der Waals surface area contributed by atoms with Gasteiger partial charge in [0.05, 0.1) is 6.04 Å². The Morgan fingerprint density at radius 1 is 1.25 bits per heavy atom. The van der Waals surface area contributed by atoms with Crippen molar-refractivity contribution in [3.8, 4) is 0 Å². The van der Waals surface area contributed by atoms with E-state index in [4.69, 9.17) is 22.1 Å². The van der Waals surface area contributed by atoms with Crippen molar-refractivity contribution in [1.82, 2.24) is 0 Å². The van der Waals surface area contributed by atoms with E-state index in [0.29, 0.717) is 10.6 Å². The number of carboxylic acids is 1. The Balaban J connectivity index is 2.99. The lowest BCUT2D eigenvalue weighted by Gasteiger charge is -2.25. The lowest BCUT2D eigenvalue weighted by molar-refractivity contribution is -0.167. The number of esters is 1. The number of rotatable bonds is 4. The van der Waals surface area contributed by atoms with Gasteiger partial charge in [-0.3, -0.25) is 9.59 Å². The van der Waals surface area contributed by atoms with Crippen LogP contribution in [0.2, 0.25) is 5.02 Å². The summed E-state index contributed by atoms with van der Waals surface area (Å²) in [5.41, 5.74) is 5.62. The Labute approximate surface area is 122 Å². The highest BCUT2D eigenvalue weighted by Crippen LogP contribution is 2.24. The van der Waals surface area contributed by atoms with Crippen molar-refractivity contribution in [1.29, 1.82) is 0 Å². The maximum atomic E-state index is 12.0. The minimum Gasteiger partial charge on any atom is -0.481 e. The molecule has 0 heterocycles. The first-order chi connectivity index (χ1) is 9.11. The van der Waals surface area contributed by atoms with Gasteiger partial charge in [0.25, 0.3) is 0 Å². The van der Waals surface area contributed by atoms with Gasteiger partial charge in [-0.1, -0.05) is 23.7 Å². The Kier molecular flexibility index (Phi) is 5.14. The summed E-state index contributed by atoms with van der Waals surface area (Å²) in [6.45, 7) is 4.99. The molecule has 20 heavy (non-hydrogen) atoms. The first-order valence-electron chi connectivity index (χ1n) is 6.08. The maximum Gasteiger partial charge on any atom is 0.322 e. The number of hydrogen-bond donors (Lipinski definition) is 2. The maximum absolute atomic E-state index is 12.0. The normalized spacial score (nSPS) is 14.4. The molecular formula is C14H18ClNO4. The van der Waals surface area contributed by atoms with E-state index in [1.54, 1.807) is 45.0 Å². The lowest BCUT2D eigenvalue weighted by atomic mass is 9.93. The molecule has 0 radical (unpaired) electrons. The Hall–Kier alpha value is -1.59. The minimum absolute atomic E-state index is 0.505. The Bertz CT molecular complexity index is 493. The van der Waals surface area contributed by atoms with E-state index in [-0.39, 0.29) is 0 Å². The Morgan fingerprint density at radius 2 is 1.75 bits per heavy atom. The highest BCUT2D eigenvalue weighted by atomic mass is 35.5. The first kappa shape index (κ1) is 16.5. The highest BCUT2D eigenvalue weighted by Gasteiger charge is 2.37. The van der Waals surface area contributed by atoms with Crippen LogP contribution >= 0.6 is 11.6 Å². The standard InChI is InChI=1S/C14H18ClNO4/c1-14(2,3)20-13(19)10(12(17)18)11(16)8-4-6-9(15)7-5-8/h4-7,10-11H,16H2,1-3H3,(H,17,18)/t10-,11?/m1/s1. The molecule has 0 aliphatic carbocycles. The fraction of sp³-hybridized carbons (Fsp3) is 0.429. The van der Waals surface area contributed by atoms with E-state index in [9.17, 15) is 14.7 Å². The number of ether oxygens (including phenoxy) is 1. The molecule has 6 heteroatoms. The van der Waals surface area contributed by atoms with Crippen molar-refractivity contribution in [2.45, 2.75) is 32.4 Å². The van der Waals surface area contributed by atoms with Crippen LogP contribution < -0.4 is 5.73 Å². The molecular weight excluding hydrogens is 282 g/mol. The average Bonchev–Trinajstić information content (AvgIpc) is 2.26. The number of hydrogen-bond acceptors (Lipinski definition) is 4. The molecule has 1 unspecified atom stereocenters. The summed E-state index contributed by atoms with van der Waals surface area (Å²) in [5, 5.41) is 9.72. The SMILES string of the molecule is CC(C)(C)OC(=O)[C@@H](C(=O)O)C(N)c1ccc(Cl)cc1. The van der Waals surface area contributed by atoms with Gasteiger partial charge in [0, 0.05) is 5.02 Å². The van der Waals surface area contributed by atoms with Gasteiger partial charge in [-0.2, -0.15) is 0 Å². The summed E-state index contributed by atoms with van der Waals surface area (Å²) in [5.74, 6) is -3.63. The molecule has 0 saturated carbocycles. The van der Waals surface area contributed by atoms with Crippen LogP contribution in [0.1, 0.15) is 32.4 Å². The summed E-state index contributed by atoms with van der Waals surface area (Å²) in [7, 11) is 0. The van der Waals surface area contributed by atoms with Gasteiger partial charge < -0.3 is 15.6 Å². The smallest absolute Gasteiger partial charge is 0.322 e. The van der Waals surface area contributed by atoms with E-state index in [2.05, 4.69) is 0 Å². The Morgan fingerprint density at radius 3 is 2.15 bits per heavy atom. The third kappa shape index (κ3) is 4.51. The average molecular weight is 300 g/mol. The molecule has 0 amide bonds. The van der Waals surface area contributed by atoms with Crippen LogP contribution in [0.25, 0.3) is 0 Å². The molecule has 1 aromatic carbocycles. The van der Waals surface area contributed by atoms with Crippen LogP contribution in [-0.4, -0.2) is 22.6 Å². The van der Waals surface area contributed by atoms with Crippen LogP contribution in [0.15, 0.2) is 24.3 Å². The molecule has 0 fully saturated rings. The molecule has 0 saturated heterocycles. The summed E-state index contributed by atoms with van der Waals surface area (Å²) >= 11 is 5.76. The molecule has 3 N–H and O–H groups in total. The fourth-order valence-electron chi connectivity index (χ4n) is 1.64. The molecule has 0 spiro atoms. The highest BCUT2D eigenvalue weighted by molar-refractivity contribution is 6.30. The van der Waals surface area contributed by atoms with Crippen molar-refractivity contribution in [3.05, 3.63) is 34.9 Å². The van der Waals surface area contributed by atoms with Crippen LogP contribution in [0.5, 0.6) is 0 Å². The van der Waals surface area contributed by atoms with Crippen molar-refractivity contribution >= 4 is 23.5 Å². The van der Waals surface area contributed by atoms with Gasteiger partial charge in [-0.05, 0) is 38.5 Å². The van der Waals surface area contributed by atoms with Crippen LogP contribution in [0.3, 0.4) is 0 Å². The summed E-state index contributed by atoms with van der Waals surface area (Å²) in [6, 6.07) is 5.36. The second-order valence-corrected chi connectivity index (χ2v) is 5.86. The van der Waals surface area contributed by atoms with Gasteiger partial charge in [-0.15, -0.1) is 0 Å². The number of benzene rings is 1. The number of aliphatic carboxylic acids is 1. The molecule has 110 valence electrons. The molecule has 0 aliphatic heterocycles. The van der Waals surface area contributed by atoms with E-state index < -0.39 is 29.5 Å². The number of carbonyl (C=O) groups excluding carboxylic acids is 1. The molecule has 1 rings (SSSR count). The zero-order chi connectivity index (χ0) is 15.5. The summed E-state index contributed by atoms with van der Waals surface area (Å²) in [4.78, 5) is 23.3. The third-order valence-corrected chi connectivity index (χ3v) is 2.79. The summed E-state index contributed by atoms with van der Waals surface area (Å²) in [6.07, 6.45) is 0. The predicted octanol–water partition coefficient (Wildman–Crippen LogP) is 2.38. The largest absolute Gasteiger partial charge is 0.481 e. The van der Waals surface area contributed by atoms with Gasteiger partial charge in [0.2, 0.25) is 0 Å². The van der Waals surface area contributed by atoms with Crippen LogP contribution in [0, 0.1) is 5.92 Å². The van der Waals surface area contributed by atoms with Crippen molar-refractivity contribution in [2.24, 2.45) is 11.7 Å². The molecule has 0 bridgehead atoms. The van der Waals surface area contributed by atoms with Crippen LogP contribution in [0.4, 0.5) is 0 Å². The van der Waals surface area contributed by atoms with Gasteiger partial charge in [-0.25, -0.2) is 0 Å². The fourth-order valence-corrected chi connectivity index (χ4v) is 1.77. The van der Waals surface area contributed by atoms with Crippen molar-refractivity contribution < 1.29 is 19.4 Å². The molecule has 1 aromatic rings. The molecule has 2 atom stereocenters. The lowest BCUT2D eigenvalue weighted by Crippen LogP contribution is -2.39. The first-order valence-corrected chi connectivity index (χ1v) is 6.46. The predicted molar refractivity (Wildman–Crippen MR) is 75.4 cm³/mol. The topological polar surface area (TPSA) is 89.6 Å². The second-order valence-electron chi connectivity index (χ2n) is 5.43. The van der Waals surface area contributed by atoms with Crippen molar-refractivity contribution in [2.75, 3.05) is 0 Å². The quantitative estimate of drug-likeness (QED) is 0.658. The monoisotopic (exact) mass is 299 g/mol. The molecule has 0 aromatic heterocycles. The second kappa shape index (κ2) is 6.24. The van der Waals surface area contributed by atoms with Gasteiger partial charge in [0.1, 0.15) is 5.60 Å². The number of halogens is 1.